The van der Waals surface area contributed by atoms with Crippen LogP contribution in [0.5, 0.6) is 5.88 Å². The first kappa shape index (κ1) is 13.5. The Morgan fingerprint density at radius 2 is 2.00 bits per heavy atom. The van der Waals surface area contributed by atoms with E-state index in [0.717, 1.165) is 17.0 Å². The first-order valence-corrected chi connectivity index (χ1v) is 6.22. The van der Waals surface area contributed by atoms with Crippen molar-refractivity contribution in [3.63, 3.8) is 0 Å². The van der Waals surface area contributed by atoms with Gasteiger partial charge in [0.2, 0.25) is 5.88 Å². The van der Waals surface area contributed by atoms with E-state index in [1.165, 1.54) is 0 Å². The average molecular weight is 279 g/mol. The second-order valence-corrected chi connectivity index (χ2v) is 4.42. The molecule has 0 aromatic carbocycles. The molecule has 0 atom stereocenters. The molecule has 5 nitrogen and oxygen atoms in total. The van der Waals surface area contributed by atoms with Gasteiger partial charge in [-0.3, -0.25) is 0 Å². The van der Waals surface area contributed by atoms with Crippen molar-refractivity contribution in [2.24, 2.45) is 0 Å². The van der Waals surface area contributed by atoms with Crippen LogP contribution in [-0.2, 0) is 6.54 Å². The fourth-order valence-corrected chi connectivity index (χ4v) is 1.85. The van der Waals surface area contributed by atoms with Gasteiger partial charge in [0, 0.05) is 18.3 Å². The summed E-state index contributed by atoms with van der Waals surface area (Å²) in [7, 11) is 1.59. The highest BCUT2D eigenvalue weighted by Crippen LogP contribution is 2.21. The molecule has 0 aliphatic rings. The van der Waals surface area contributed by atoms with E-state index in [0.29, 0.717) is 23.4 Å². The molecule has 0 bridgehead atoms. The molecule has 0 saturated carbocycles. The number of hydrogen-bond acceptors (Lipinski definition) is 5. The van der Waals surface area contributed by atoms with Crippen LogP contribution in [0.2, 0.25) is 5.15 Å². The molecule has 2 heterocycles. The van der Waals surface area contributed by atoms with Gasteiger partial charge in [-0.2, -0.15) is 0 Å². The first-order chi connectivity index (χ1) is 9.11. The first-order valence-electron chi connectivity index (χ1n) is 5.84. The maximum Gasteiger partial charge on any atom is 0.218 e. The van der Waals surface area contributed by atoms with Gasteiger partial charge in [0.25, 0.3) is 0 Å². The summed E-state index contributed by atoms with van der Waals surface area (Å²) in [6, 6.07) is 3.79. The van der Waals surface area contributed by atoms with Gasteiger partial charge in [-0.05, 0) is 19.9 Å². The Kier molecular flexibility index (Phi) is 4.16. The van der Waals surface area contributed by atoms with Gasteiger partial charge in [0.05, 0.1) is 18.5 Å². The van der Waals surface area contributed by atoms with Crippen LogP contribution in [0.3, 0.4) is 0 Å². The number of nitrogens with one attached hydrogen (secondary N) is 1. The summed E-state index contributed by atoms with van der Waals surface area (Å²) in [6.07, 6.45) is 1.69. The molecule has 6 heteroatoms. The Hall–Kier alpha value is -1.88. The van der Waals surface area contributed by atoms with Crippen molar-refractivity contribution in [3.05, 3.63) is 40.4 Å². The number of methoxy groups -OCH3 is 1. The standard InChI is InChI=1S/C13H15ClN4O/c1-8-9(2)18-12(11(14)17-8)16-7-10-5-4-6-15-13(10)19-3/h4-6H,7H2,1-3H3,(H,16,18). The van der Waals surface area contributed by atoms with Gasteiger partial charge in [-0.1, -0.05) is 17.7 Å². The number of pyridine rings is 1. The lowest BCUT2D eigenvalue weighted by atomic mass is 10.2. The highest BCUT2D eigenvalue weighted by atomic mass is 35.5. The van der Waals surface area contributed by atoms with Gasteiger partial charge in [0.1, 0.15) is 0 Å². The fourth-order valence-electron chi connectivity index (χ4n) is 1.61. The van der Waals surface area contributed by atoms with Crippen LogP contribution in [-0.4, -0.2) is 22.1 Å². The summed E-state index contributed by atoms with van der Waals surface area (Å²) in [5.41, 5.74) is 2.61. The number of anilines is 1. The summed E-state index contributed by atoms with van der Waals surface area (Å²) in [4.78, 5) is 12.7. The Labute approximate surface area is 117 Å². The molecule has 2 aromatic rings. The van der Waals surface area contributed by atoms with Crippen molar-refractivity contribution in [2.45, 2.75) is 20.4 Å². The van der Waals surface area contributed by atoms with Crippen LogP contribution < -0.4 is 10.1 Å². The summed E-state index contributed by atoms with van der Waals surface area (Å²) in [6.45, 7) is 4.30. The van der Waals surface area contributed by atoms with E-state index in [4.69, 9.17) is 16.3 Å². The molecular formula is C13H15ClN4O. The third-order valence-corrected chi connectivity index (χ3v) is 3.02. The number of aromatic nitrogens is 3. The quantitative estimate of drug-likeness (QED) is 0.932. The third-order valence-electron chi connectivity index (χ3n) is 2.75. The summed E-state index contributed by atoms with van der Waals surface area (Å²) < 4.78 is 5.19. The molecule has 2 aromatic heterocycles. The molecule has 0 spiro atoms. The van der Waals surface area contributed by atoms with E-state index < -0.39 is 0 Å². The maximum absolute atomic E-state index is 6.06. The highest BCUT2D eigenvalue weighted by Gasteiger charge is 2.08. The monoisotopic (exact) mass is 278 g/mol. The Bertz CT molecular complexity index is 589. The minimum atomic E-state index is 0.367. The molecule has 0 saturated heterocycles. The van der Waals surface area contributed by atoms with Gasteiger partial charge >= 0.3 is 0 Å². The minimum Gasteiger partial charge on any atom is -0.481 e. The van der Waals surface area contributed by atoms with E-state index in [2.05, 4.69) is 20.3 Å². The average Bonchev–Trinajstić information content (AvgIpc) is 2.41. The van der Waals surface area contributed by atoms with Gasteiger partial charge in [-0.25, -0.2) is 15.0 Å². The Morgan fingerprint density at radius 3 is 2.74 bits per heavy atom. The third kappa shape index (κ3) is 3.12. The second kappa shape index (κ2) is 5.84. The number of rotatable bonds is 4. The molecular weight excluding hydrogens is 264 g/mol. The van der Waals surface area contributed by atoms with Crippen molar-refractivity contribution in [2.75, 3.05) is 12.4 Å². The van der Waals surface area contributed by atoms with Crippen molar-refractivity contribution in [1.82, 2.24) is 15.0 Å². The fraction of sp³-hybridized carbons (Fsp3) is 0.308. The van der Waals surface area contributed by atoms with Crippen molar-refractivity contribution in [3.8, 4) is 5.88 Å². The lowest BCUT2D eigenvalue weighted by molar-refractivity contribution is 0.393. The van der Waals surface area contributed by atoms with E-state index in [-0.39, 0.29) is 0 Å². The van der Waals surface area contributed by atoms with E-state index in [9.17, 15) is 0 Å². The Morgan fingerprint density at radius 1 is 1.26 bits per heavy atom. The summed E-state index contributed by atoms with van der Waals surface area (Å²) in [5.74, 6) is 1.15. The maximum atomic E-state index is 6.06. The van der Waals surface area contributed by atoms with E-state index in [1.54, 1.807) is 13.3 Å². The molecule has 19 heavy (non-hydrogen) atoms. The number of aryl methyl sites for hydroxylation is 2. The van der Waals surface area contributed by atoms with Crippen molar-refractivity contribution >= 4 is 17.4 Å². The normalized spacial score (nSPS) is 10.3. The highest BCUT2D eigenvalue weighted by molar-refractivity contribution is 6.31. The lowest BCUT2D eigenvalue weighted by Crippen LogP contribution is -2.07. The molecule has 0 aliphatic carbocycles. The van der Waals surface area contributed by atoms with Crippen LogP contribution in [0, 0.1) is 13.8 Å². The van der Waals surface area contributed by atoms with Crippen LogP contribution in [0.25, 0.3) is 0 Å². The van der Waals surface area contributed by atoms with Gasteiger partial charge in [-0.15, -0.1) is 0 Å². The van der Waals surface area contributed by atoms with Gasteiger partial charge in [0.15, 0.2) is 11.0 Å². The largest absolute Gasteiger partial charge is 0.481 e. The second-order valence-electron chi connectivity index (χ2n) is 4.06. The number of hydrogen-bond donors (Lipinski definition) is 1. The molecule has 0 unspecified atom stereocenters. The number of ether oxygens (including phenoxy) is 1. The van der Waals surface area contributed by atoms with Crippen LogP contribution >= 0.6 is 11.6 Å². The smallest absolute Gasteiger partial charge is 0.218 e. The van der Waals surface area contributed by atoms with E-state index in [1.807, 2.05) is 26.0 Å². The van der Waals surface area contributed by atoms with Crippen LogP contribution in [0.4, 0.5) is 5.82 Å². The molecule has 0 amide bonds. The topological polar surface area (TPSA) is 59.9 Å². The molecule has 0 fully saturated rings. The molecule has 100 valence electrons. The summed E-state index contributed by atoms with van der Waals surface area (Å²) >= 11 is 6.06. The lowest BCUT2D eigenvalue weighted by Gasteiger charge is -2.11. The number of halogens is 1. The minimum absolute atomic E-state index is 0.367. The predicted molar refractivity (Wildman–Crippen MR) is 74.6 cm³/mol. The number of nitrogens with zero attached hydrogens (tertiary/aromatic N) is 3. The van der Waals surface area contributed by atoms with Crippen molar-refractivity contribution in [1.29, 1.82) is 0 Å². The SMILES string of the molecule is COc1ncccc1CNc1nc(C)c(C)nc1Cl. The molecule has 1 N–H and O–H groups in total. The summed E-state index contributed by atoms with van der Waals surface area (Å²) in [5, 5.41) is 3.51. The predicted octanol–water partition coefficient (Wildman–Crippen LogP) is 2.76. The van der Waals surface area contributed by atoms with Crippen molar-refractivity contribution < 1.29 is 4.74 Å². The zero-order chi connectivity index (χ0) is 13.8. The van der Waals surface area contributed by atoms with Crippen LogP contribution in [0.15, 0.2) is 18.3 Å². The van der Waals surface area contributed by atoms with Crippen LogP contribution in [0.1, 0.15) is 17.0 Å². The zero-order valence-electron chi connectivity index (χ0n) is 11.1. The molecule has 0 radical (unpaired) electrons. The molecule has 2 rings (SSSR count). The van der Waals surface area contributed by atoms with E-state index >= 15 is 0 Å². The zero-order valence-corrected chi connectivity index (χ0v) is 11.8. The van der Waals surface area contributed by atoms with Gasteiger partial charge < -0.3 is 10.1 Å². The Balaban J connectivity index is 2.17. The molecule has 0 aliphatic heterocycles.